The standard InChI is InChI=1S/C24H34N2O3S/c1-17(2)14-19(16-24(30)12-6-5-7-13-24)22(27)26-21(23(28)25-3)15-18-8-10-20(29-4)11-9-18/h5-12,17,19,21,30H,13-16H2,1-4H3,(H,25,28)(H,26,27)/t19?,21-,24?/m0/s1. The summed E-state index contributed by atoms with van der Waals surface area (Å²) in [7, 11) is 3.20. The van der Waals surface area contributed by atoms with Gasteiger partial charge in [0.2, 0.25) is 11.8 Å². The molecule has 0 aliphatic heterocycles. The van der Waals surface area contributed by atoms with Gasteiger partial charge >= 0.3 is 0 Å². The van der Waals surface area contributed by atoms with Gasteiger partial charge in [-0.25, -0.2) is 0 Å². The van der Waals surface area contributed by atoms with Gasteiger partial charge in [0, 0.05) is 24.1 Å². The van der Waals surface area contributed by atoms with E-state index in [1.165, 1.54) is 0 Å². The van der Waals surface area contributed by atoms with Crippen LogP contribution in [0.15, 0.2) is 48.6 Å². The van der Waals surface area contributed by atoms with Gasteiger partial charge in [0.25, 0.3) is 0 Å². The summed E-state index contributed by atoms with van der Waals surface area (Å²) in [6, 6.07) is 6.90. The van der Waals surface area contributed by atoms with Gasteiger partial charge in [-0.15, -0.1) is 0 Å². The highest BCUT2D eigenvalue weighted by Crippen LogP contribution is 2.34. The van der Waals surface area contributed by atoms with E-state index in [1.54, 1.807) is 14.2 Å². The Kier molecular flexibility index (Phi) is 9.03. The number of rotatable bonds is 10. The molecule has 6 heteroatoms. The van der Waals surface area contributed by atoms with E-state index in [1.807, 2.05) is 36.4 Å². The van der Waals surface area contributed by atoms with Crippen LogP contribution < -0.4 is 15.4 Å². The Hall–Kier alpha value is -2.21. The first-order valence-electron chi connectivity index (χ1n) is 10.5. The maximum absolute atomic E-state index is 13.2. The number of nitrogens with one attached hydrogen (secondary N) is 2. The van der Waals surface area contributed by atoms with Crippen molar-refractivity contribution in [3.63, 3.8) is 0 Å². The first-order chi connectivity index (χ1) is 14.3. The molecule has 2 amide bonds. The third-order valence-corrected chi connectivity index (χ3v) is 5.84. The zero-order valence-corrected chi connectivity index (χ0v) is 19.2. The summed E-state index contributed by atoms with van der Waals surface area (Å²) in [5.74, 6) is 0.596. The van der Waals surface area contributed by atoms with Gasteiger partial charge in [0.15, 0.2) is 0 Å². The van der Waals surface area contributed by atoms with Crippen LogP contribution in [-0.4, -0.2) is 36.8 Å². The predicted octanol–water partition coefficient (Wildman–Crippen LogP) is 3.71. The Morgan fingerprint density at radius 3 is 2.40 bits per heavy atom. The third kappa shape index (κ3) is 7.24. The summed E-state index contributed by atoms with van der Waals surface area (Å²) < 4.78 is 4.85. The molecular formula is C24H34N2O3S. The van der Waals surface area contributed by atoms with E-state index >= 15 is 0 Å². The summed E-state index contributed by atoms with van der Waals surface area (Å²) in [6.45, 7) is 4.21. The van der Waals surface area contributed by atoms with E-state index < -0.39 is 6.04 Å². The van der Waals surface area contributed by atoms with Crippen molar-refractivity contribution >= 4 is 24.4 Å². The van der Waals surface area contributed by atoms with Crippen LogP contribution in [-0.2, 0) is 16.0 Å². The molecule has 1 aliphatic carbocycles. The minimum atomic E-state index is -0.636. The number of hydrogen-bond acceptors (Lipinski definition) is 4. The van der Waals surface area contributed by atoms with Crippen LogP contribution in [0.1, 0.15) is 38.7 Å². The van der Waals surface area contributed by atoms with E-state index in [0.717, 1.165) is 24.2 Å². The fraction of sp³-hybridized carbons (Fsp3) is 0.500. The molecule has 2 N–H and O–H groups in total. The van der Waals surface area contributed by atoms with Crippen LogP contribution in [0.3, 0.4) is 0 Å². The molecule has 1 aromatic rings. The molecular weight excluding hydrogens is 396 g/mol. The van der Waals surface area contributed by atoms with Crippen molar-refractivity contribution in [1.82, 2.24) is 10.6 Å². The molecule has 164 valence electrons. The number of methoxy groups -OCH3 is 1. The second-order valence-corrected chi connectivity index (χ2v) is 9.24. The number of thiol groups is 1. The molecule has 30 heavy (non-hydrogen) atoms. The predicted molar refractivity (Wildman–Crippen MR) is 125 cm³/mol. The lowest BCUT2D eigenvalue weighted by molar-refractivity contribution is -0.131. The SMILES string of the molecule is CNC(=O)[C@H](Cc1ccc(OC)cc1)NC(=O)C(CC(C)C)CC1(S)C=CC=CC1. The van der Waals surface area contributed by atoms with Crippen LogP contribution >= 0.6 is 12.6 Å². The molecule has 1 aliphatic rings. The van der Waals surface area contributed by atoms with Gasteiger partial charge in [-0.2, -0.15) is 12.6 Å². The first kappa shape index (κ1) is 24.1. The normalized spacial score (nSPS) is 19.9. The summed E-state index contributed by atoms with van der Waals surface area (Å²) in [4.78, 5) is 25.7. The number of carbonyl (C=O) groups is 2. The topological polar surface area (TPSA) is 67.4 Å². The Labute approximate surface area is 185 Å². The molecule has 0 radical (unpaired) electrons. The van der Waals surface area contributed by atoms with Crippen molar-refractivity contribution in [2.45, 2.75) is 50.3 Å². The zero-order valence-electron chi connectivity index (χ0n) is 18.4. The lowest BCUT2D eigenvalue weighted by Crippen LogP contribution is -2.49. The fourth-order valence-electron chi connectivity index (χ4n) is 3.75. The second kappa shape index (κ2) is 11.3. The Morgan fingerprint density at radius 2 is 1.87 bits per heavy atom. The molecule has 0 bridgehead atoms. The van der Waals surface area contributed by atoms with Crippen LogP contribution in [0, 0.1) is 11.8 Å². The Morgan fingerprint density at radius 1 is 1.17 bits per heavy atom. The van der Waals surface area contributed by atoms with Crippen molar-refractivity contribution in [2.24, 2.45) is 11.8 Å². The van der Waals surface area contributed by atoms with Crippen LogP contribution in [0.25, 0.3) is 0 Å². The van der Waals surface area contributed by atoms with E-state index in [2.05, 4.69) is 36.6 Å². The zero-order chi connectivity index (χ0) is 22.1. The molecule has 3 atom stereocenters. The average Bonchev–Trinajstić information content (AvgIpc) is 2.72. The van der Waals surface area contributed by atoms with Crippen molar-refractivity contribution in [1.29, 1.82) is 0 Å². The van der Waals surface area contributed by atoms with Gasteiger partial charge < -0.3 is 15.4 Å². The molecule has 2 rings (SSSR count). The first-order valence-corrected chi connectivity index (χ1v) is 10.9. The average molecular weight is 431 g/mol. The lowest BCUT2D eigenvalue weighted by atomic mass is 9.83. The highest BCUT2D eigenvalue weighted by Gasteiger charge is 2.32. The van der Waals surface area contributed by atoms with Gasteiger partial charge in [-0.3, -0.25) is 9.59 Å². The van der Waals surface area contributed by atoms with Crippen LogP contribution in [0.2, 0.25) is 0 Å². The van der Waals surface area contributed by atoms with Crippen molar-refractivity contribution in [2.75, 3.05) is 14.2 Å². The second-order valence-electron chi connectivity index (χ2n) is 8.35. The van der Waals surface area contributed by atoms with Gasteiger partial charge in [0.1, 0.15) is 11.8 Å². The minimum Gasteiger partial charge on any atom is -0.497 e. The highest BCUT2D eigenvalue weighted by atomic mass is 32.1. The van der Waals surface area contributed by atoms with Crippen molar-refractivity contribution in [3.8, 4) is 5.75 Å². The number of allylic oxidation sites excluding steroid dienone is 3. The number of benzene rings is 1. The molecule has 0 spiro atoms. The van der Waals surface area contributed by atoms with E-state index in [4.69, 9.17) is 17.4 Å². The molecule has 1 aromatic carbocycles. The van der Waals surface area contributed by atoms with Gasteiger partial charge in [-0.05, 0) is 42.9 Å². The highest BCUT2D eigenvalue weighted by molar-refractivity contribution is 7.82. The Balaban J connectivity index is 2.13. The largest absolute Gasteiger partial charge is 0.497 e. The number of hydrogen-bond donors (Lipinski definition) is 3. The number of carbonyl (C=O) groups excluding carboxylic acids is 2. The third-order valence-electron chi connectivity index (χ3n) is 5.33. The van der Waals surface area contributed by atoms with Crippen molar-refractivity contribution in [3.05, 3.63) is 54.1 Å². The van der Waals surface area contributed by atoms with Crippen molar-refractivity contribution < 1.29 is 14.3 Å². The number of likely N-dealkylation sites (N-methyl/N-ethyl adjacent to an activating group) is 1. The Bertz CT molecular complexity index is 773. The fourth-order valence-corrected chi connectivity index (χ4v) is 4.17. The molecule has 2 unspecified atom stereocenters. The van der Waals surface area contributed by atoms with Crippen LogP contribution in [0.5, 0.6) is 5.75 Å². The number of ether oxygens (including phenoxy) is 1. The monoisotopic (exact) mass is 430 g/mol. The summed E-state index contributed by atoms with van der Waals surface area (Å²) in [5.41, 5.74) is 0.955. The molecule has 0 saturated heterocycles. The summed E-state index contributed by atoms with van der Waals surface area (Å²) >= 11 is 4.85. The number of amides is 2. The quantitative estimate of drug-likeness (QED) is 0.496. The minimum absolute atomic E-state index is 0.0952. The lowest BCUT2D eigenvalue weighted by Gasteiger charge is -2.31. The van der Waals surface area contributed by atoms with Crippen LogP contribution in [0.4, 0.5) is 0 Å². The van der Waals surface area contributed by atoms with E-state index in [-0.39, 0.29) is 22.5 Å². The summed E-state index contributed by atoms with van der Waals surface area (Å²) in [5, 5.41) is 5.67. The molecule has 0 heterocycles. The van der Waals surface area contributed by atoms with E-state index in [0.29, 0.717) is 18.8 Å². The molecule has 0 aromatic heterocycles. The van der Waals surface area contributed by atoms with Gasteiger partial charge in [-0.1, -0.05) is 50.3 Å². The molecule has 0 fully saturated rings. The maximum atomic E-state index is 13.2. The summed E-state index contributed by atoms with van der Waals surface area (Å²) in [6.07, 6.45) is 10.7. The molecule has 5 nitrogen and oxygen atoms in total. The van der Waals surface area contributed by atoms with Gasteiger partial charge in [0.05, 0.1) is 7.11 Å². The smallest absolute Gasteiger partial charge is 0.242 e. The maximum Gasteiger partial charge on any atom is 0.242 e. The molecule has 0 saturated carbocycles. The van der Waals surface area contributed by atoms with E-state index in [9.17, 15) is 9.59 Å².